The average Bonchev–Trinajstić information content (AvgIpc) is 3.30. The van der Waals surface area contributed by atoms with E-state index in [2.05, 4.69) is 20.1 Å². The zero-order valence-electron chi connectivity index (χ0n) is 21.3. The summed E-state index contributed by atoms with van der Waals surface area (Å²) >= 11 is 0. The number of hydrogen-bond acceptors (Lipinski definition) is 9. The van der Waals surface area contributed by atoms with Gasteiger partial charge < -0.3 is 16.2 Å². The molecule has 0 spiro atoms. The highest BCUT2D eigenvalue weighted by Crippen LogP contribution is 2.32. The zero-order valence-corrected chi connectivity index (χ0v) is 21.3. The van der Waals surface area contributed by atoms with Crippen molar-refractivity contribution < 1.29 is 22.7 Å². The third-order valence-electron chi connectivity index (χ3n) is 6.16. The van der Waals surface area contributed by atoms with Gasteiger partial charge in [0.2, 0.25) is 0 Å². The highest BCUT2D eigenvalue weighted by molar-refractivity contribution is 5.95. The van der Waals surface area contributed by atoms with E-state index in [0.29, 0.717) is 11.3 Å². The first-order chi connectivity index (χ1) is 19.7. The maximum Gasteiger partial charge on any atom is 0.414 e. The van der Waals surface area contributed by atoms with Crippen molar-refractivity contribution in [3.05, 3.63) is 94.6 Å². The molecule has 5 aromatic rings. The van der Waals surface area contributed by atoms with Gasteiger partial charge in [0.05, 0.1) is 42.7 Å². The second-order valence-corrected chi connectivity index (χ2v) is 8.76. The Kier molecular flexibility index (Phi) is 7.09. The first kappa shape index (κ1) is 26.9. The standard InChI is InChI=1S/C27H20F3N9O2/c1-41-27(40)38(13-16-7-6-14(11-31)8-19(16)30)23-24(32)35-26(36-25(23)33)39-21-10-17(28)12-34-22(21)20(37-39)9-15-4-2-3-5-18(15)29/h2-8,10,12H,9,13H2,1H3,(H4,32,33,35,36). The van der Waals surface area contributed by atoms with Crippen LogP contribution in [0, 0.1) is 28.8 Å². The number of amides is 1. The number of carbonyl (C=O) groups is 1. The summed E-state index contributed by atoms with van der Waals surface area (Å²) in [6.45, 7) is -0.381. The van der Waals surface area contributed by atoms with E-state index in [1.54, 1.807) is 18.2 Å². The molecule has 0 aliphatic carbocycles. The number of anilines is 3. The number of halogens is 3. The Morgan fingerprint density at radius 3 is 2.44 bits per heavy atom. The van der Waals surface area contributed by atoms with Crippen LogP contribution in [0.25, 0.3) is 17.0 Å². The maximum atomic E-state index is 14.6. The first-order valence-electron chi connectivity index (χ1n) is 11.9. The van der Waals surface area contributed by atoms with E-state index in [9.17, 15) is 18.0 Å². The molecule has 0 bridgehead atoms. The molecule has 2 aromatic carbocycles. The fraction of sp³-hybridized carbons (Fsp3) is 0.111. The SMILES string of the molecule is COC(=O)N(Cc1ccc(C#N)cc1F)c1c(N)nc(-n2nc(Cc3ccccc3F)c3ncc(F)cc32)nc1N. The predicted octanol–water partition coefficient (Wildman–Crippen LogP) is 4.03. The summed E-state index contributed by atoms with van der Waals surface area (Å²) in [7, 11) is 1.11. The molecule has 0 saturated carbocycles. The van der Waals surface area contributed by atoms with Crippen LogP contribution in [-0.4, -0.2) is 37.9 Å². The minimum absolute atomic E-state index is 0.0319. The number of pyridine rings is 1. The third kappa shape index (κ3) is 5.15. The van der Waals surface area contributed by atoms with Crippen LogP contribution < -0.4 is 16.4 Å². The molecule has 0 unspecified atom stereocenters. The molecule has 11 nitrogen and oxygen atoms in total. The van der Waals surface area contributed by atoms with Crippen molar-refractivity contribution in [2.24, 2.45) is 0 Å². The van der Waals surface area contributed by atoms with Crippen molar-refractivity contribution in [1.82, 2.24) is 24.7 Å². The topological polar surface area (TPSA) is 162 Å². The minimum Gasteiger partial charge on any atom is -0.452 e. The fourth-order valence-electron chi connectivity index (χ4n) is 4.24. The molecular formula is C27H20F3N9O2. The van der Waals surface area contributed by atoms with Gasteiger partial charge in [-0.1, -0.05) is 24.3 Å². The van der Waals surface area contributed by atoms with Crippen LogP contribution in [0.2, 0.25) is 0 Å². The van der Waals surface area contributed by atoms with E-state index >= 15 is 0 Å². The van der Waals surface area contributed by atoms with Crippen LogP contribution in [0.4, 0.5) is 35.3 Å². The van der Waals surface area contributed by atoms with Gasteiger partial charge in [0.15, 0.2) is 11.6 Å². The Balaban J connectivity index is 1.59. The van der Waals surface area contributed by atoms with E-state index in [4.69, 9.17) is 21.5 Å². The van der Waals surface area contributed by atoms with Gasteiger partial charge in [0, 0.05) is 18.1 Å². The number of methoxy groups -OCH3 is 1. The van der Waals surface area contributed by atoms with Crippen molar-refractivity contribution in [1.29, 1.82) is 5.26 Å². The molecule has 206 valence electrons. The first-order valence-corrected chi connectivity index (χ1v) is 11.9. The summed E-state index contributed by atoms with van der Waals surface area (Å²) in [5, 5.41) is 13.4. The second kappa shape index (κ2) is 10.8. The molecule has 14 heteroatoms. The summed E-state index contributed by atoms with van der Waals surface area (Å²) < 4.78 is 49.2. The average molecular weight is 560 g/mol. The Bertz CT molecular complexity index is 1830. The van der Waals surface area contributed by atoms with Gasteiger partial charge in [-0.15, -0.1) is 0 Å². The Hall–Kier alpha value is -5.71. The number of hydrogen-bond donors (Lipinski definition) is 2. The van der Waals surface area contributed by atoms with Crippen molar-refractivity contribution in [3.8, 4) is 12.0 Å². The lowest BCUT2D eigenvalue weighted by Crippen LogP contribution is -2.32. The number of ether oxygens (including phenoxy) is 1. The fourth-order valence-corrected chi connectivity index (χ4v) is 4.24. The second-order valence-electron chi connectivity index (χ2n) is 8.76. The van der Waals surface area contributed by atoms with Gasteiger partial charge in [-0.25, -0.2) is 22.9 Å². The van der Waals surface area contributed by atoms with Crippen LogP contribution >= 0.6 is 0 Å². The van der Waals surface area contributed by atoms with Gasteiger partial charge in [0.25, 0.3) is 5.95 Å². The van der Waals surface area contributed by atoms with Crippen molar-refractivity contribution >= 4 is 34.4 Å². The molecule has 0 aliphatic heterocycles. The summed E-state index contributed by atoms with van der Waals surface area (Å²) in [6, 6.07) is 12.8. The molecule has 5 rings (SSSR count). The van der Waals surface area contributed by atoms with E-state index in [-0.39, 0.29) is 58.4 Å². The predicted molar refractivity (Wildman–Crippen MR) is 142 cm³/mol. The number of benzene rings is 2. The number of fused-ring (bicyclic) bond motifs is 1. The highest BCUT2D eigenvalue weighted by atomic mass is 19.1. The van der Waals surface area contributed by atoms with Crippen LogP contribution in [0.15, 0.2) is 54.7 Å². The summed E-state index contributed by atoms with van der Waals surface area (Å²) in [5.74, 6) is -2.64. The van der Waals surface area contributed by atoms with E-state index in [0.717, 1.165) is 35.0 Å². The molecular weight excluding hydrogens is 539 g/mol. The quantitative estimate of drug-likeness (QED) is 0.313. The minimum atomic E-state index is -0.938. The monoisotopic (exact) mass is 559 g/mol. The lowest BCUT2D eigenvalue weighted by atomic mass is 10.1. The van der Waals surface area contributed by atoms with Crippen molar-refractivity contribution in [2.75, 3.05) is 23.5 Å². The lowest BCUT2D eigenvalue weighted by Gasteiger charge is -2.23. The number of nitrogen functional groups attached to an aromatic ring is 2. The Morgan fingerprint density at radius 1 is 1.05 bits per heavy atom. The van der Waals surface area contributed by atoms with Gasteiger partial charge in [0.1, 0.15) is 28.7 Å². The number of nitrogens with two attached hydrogens (primary N) is 2. The molecule has 0 atom stereocenters. The van der Waals surface area contributed by atoms with Crippen LogP contribution in [0.1, 0.15) is 22.4 Å². The number of carbonyl (C=O) groups excluding carboxylic acids is 1. The summed E-state index contributed by atoms with van der Waals surface area (Å²) in [6.07, 6.45) is 0.0958. The normalized spacial score (nSPS) is 10.9. The van der Waals surface area contributed by atoms with Crippen molar-refractivity contribution in [3.63, 3.8) is 0 Å². The van der Waals surface area contributed by atoms with Crippen LogP contribution in [0.5, 0.6) is 0 Å². The molecule has 3 aromatic heterocycles. The Labute approximate surface area is 230 Å². The van der Waals surface area contributed by atoms with Crippen LogP contribution in [0.3, 0.4) is 0 Å². The zero-order chi connectivity index (χ0) is 29.3. The summed E-state index contributed by atoms with van der Waals surface area (Å²) in [5.41, 5.74) is 13.5. The number of nitriles is 1. The maximum absolute atomic E-state index is 14.6. The van der Waals surface area contributed by atoms with Crippen molar-refractivity contribution in [2.45, 2.75) is 13.0 Å². The molecule has 41 heavy (non-hydrogen) atoms. The summed E-state index contributed by atoms with van der Waals surface area (Å²) in [4.78, 5) is 26.2. The van der Waals surface area contributed by atoms with Gasteiger partial charge >= 0.3 is 6.09 Å². The van der Waals surface area contributed by atoms with E-state index in [1.165, 1.54) is 18.2 Å². The molecule has 1 amide bonds. The molecule has 0 radical (unpaired) electrons. The molecule has 0 fully saturated rings. The largest absolute Gasteiger partial charge is 0.452 e. The van der Waals surface area contributed by atoms with Gasteiger partial charge in [-0.2, -0.15) is 25.0 Å². The smallest absolute Gasteiger partial charge is 0.414 e. The van der Waals surface area contributed by atoms with Gasteiger partial charge in [-0.3, -0.25) is 4.90 Å². The van der Waals surface area contributed by atoms with E-state index < -0.39 is 23.5 Å². The van der Waals surface area contributed by atoms with Gasteiger partial charge in [-0.05, 0) is 23.8 Å². The Morgan fingerprint density at radius 2 is 1.78 bits per heavy atom. The molecule has 0 aliphatic rings. The number of rotatable bonds is 6. The number of aromatic nitrogens is 5. The molecule has 3 heterocycles. The lowest BCUT2D eigenvalue weighted by molar-refractivity contribution is 0.178. The number of nitrogens with zero attached hydrogens (tertiary/aromatic N) is 7. The van der Waals surface area contributed by atoms with E-state index in [1.807, 2.05) is 6.07 Å². The van der Waals surface area contributed by atoms with Crippen LogP contribution in [-0.2, 0) is 17.7 Å². The molecule has 4 N–H and O–H groups in total. The third-order valence-corrected chi connectivity index (χ3v) is 6.16. The highest BCUT2D eigenvalue weighted by Gasteiger charge is 2.27. The molecule has 0 saturated heterocycles.